The van der Waals surface area contributed by atoms with E-state index in [2.05, 4.69) is 5.32 Å². The first kappa shape index (κ1) is 17.9. The van der Waals surface area contributed by atoms with Crippen LogP contribution in [0.15, 0.2) is 42.5 Å². The minimum Gasteiger partial charge on any atom is -0.497 e. The lowest BCUT2D eigenvalue weighted by atomic mass is 10.2. The van der Waals surface area contributed by atoms with Crippen LogP contribution in [0.3, 0.4) is 0 Å². The molecule has 1 N–H and O–H groups in total. The van der Waals surface area contributed by atoms with Gasteiger partial charge in [-0.2, -0.15) is 0 Å². The molecular weight excluding hydrogens is 328 g/mol. The average Bonchev–Trinajstić information content (AvgIpc) is 2.61. The van der Waals surface area contributed by atoms with E-state index < -0.39 is 23.4 Å². The fraction of sp³-hybridized carbons (Fsp3) is 0.176. The molecule has 0 saturated heterocycles. The number of aryl methyl sites for hydroxylation is 1. The van der Waals surface area contributed by atoms with Crippen molar-refractivity contribution in [2.75, 3.05) is 19.0 Å². The second-order valence-electron chi connectivity index (χ2n) is 5.11. The molecule has 8 nitrogen and oxygen atoms in total. The Labute approximate surface area is 143 Å². The molecule has 0 saturated carbocycles. The van der Waals surface area contributed by atoms with Gasteiger partial charge in [0.15, 0.2) is 6.61 Å². The Morgan fingerprint density at radius 3 is 2.64 bits per heavy atom. The third-order valence-corrected chi connectivity index (χ3v) is 3.35. The van der Waals surface area contributed by atoms with Gasteiger partial charge in [0.25, 0.3) is 11.6 Å². The van der Waals surface area contributed by atoms with Gasteiger partial charge in [0.1, 0.15) is 5.75 Å². The Hall–Kier alpha value is -3.42. The van der Waals surface area contributed by atoms with E-state index in [9.17, 15) is 19.7 Å². The zero-order valence-corrected chi connectivity index (χ0v) is 13.6. The first-order valence-corrected chi connectivity index (χ1v) is 7.27. The van der Waals surface area contributed by atoms with Gasteiger partial charge in [0, 0.05) is 12.1 Å². The van der Waals surface area contributed by atoms with Crippen molar-refractivity contribution in [1.82, 2.24) is 0 Å². The highest BCUT2D eigenvalue weighted by Crippen LogP contribution is 2.21. The molecule has 0 aromatic heterocycles. The molecular formula is C17H16N2O6. The van der Waals surface area contributed by atoms with Crippen molar-refractivity contribution in [2.24, 2.45) is 0 Å². The standard InChI is InChI=1S/C17H16N2O6/c1-11-6-7-13(19(22)23)9-15(11)18-16(20)10-25-17(21)12-4-3-5-14(8-12)24-2/h3-9H,10H2,1-2H3,(H,18,20). The molecule has 0 radical (unpaired) electrons. The fourth-order valence-corrected chi connectivity index (χ4v) is 2.01. The smallest absolute Gasteiger partial charge is 0.338 e. The number of carbonyl (C=O) groups is 2. The summed E-state index contributed by atoms with van der Waals surface area (Å²) in [6, 6.07) is 10.4. The van der Waals surface area contributed by atoms with Crippen LogP contribution in [0.1, 0.15) is 15.9 Å². The number of carbonyl (C=O) groups excluding carboxylic acids is 2. The van der Waals surface area contributed by atoms with Crippen LogP contribution in [0.25, 0.3) is 0 Å². The average molecular weight is 344 g/mol. The number of anilines is 1. The number of hydrogen-bond acceptors (Lipinski definition) is 6. The summed E-state index contributed by atoms with van der Waals surface area (Å²) >= 11 is 0. The van der Waals surface area contributed by atoms with Crippen LogP contribution < -0.4 is 10.1 Å². The van der Waals surface area contributed by atoms with Crippen molar-refractivity contribution < 1.29 is 24.0 Å². The number of nitro groups is 1. The predicted octanol–water partition coefficient (Wildman–Crippen LogP) is 2.71. The van der Waals surface area contributed by atoms with Crippen molar-refractivity contribution in [3.63, 3.8) is 0 Å². The summed E-state index contributed by atoms with van der Waals surface area (Å²) in [6.45, 7) is 1.18. The van der Waals surface area contributed by atoms with Crippen LogP contribution in [0.2, 0.25) is 0 Å². The molecule has 2 rings (SSSR count). The first-order valence-electron chi connectivity index (χ1n) is 7.27. The van der Waals surface area contributed by atoms with Crippen molar-refractivity contribution in [3.8, 4) is 5.75 Å². The molecule has 0 bridgehead atoms. The number of non-ortho nitro benzene ring substituents is 1. The van der Waals surface area contributed by atoms with Gasteiger partial charge in [-0.25, -0.2) is 4.79 Å². The quantitative estimate of drug-likeness (QED) is 0.490. The Morgan fingerprint density at radius 1 is 1.20 bits per heavy atom. The number of esters is 1. The Balaban J connectivity index is 1.97. The van der Waals surface area contributed by atoms with Gasteiger partial charge in [0.05, 0.1) is 23.3 Å². The third kappa shape index (κ3) is 4.77. The van der Waals surface area contributed by atoms with Crippen LogP contribution in [0.4, 0.5) is 11.4 Å². The Kier molecular flexibility index (Phi) is 5.67. The molecule has 2 aromatic carbocycles. The summed E-state index contributed by atoms with van der Waals surface area (Å²) in [6.07, 6.45) is 0. The molecule has 0 aliphatic rings. The number of hydrogen-bond donors (Lipinski definition) is 1. The van der Waals surface area contributed by atoms with Gasteiger partial charge in [-0.3, -0.25) is 14.9 Å². The fourth-order valence-electron chi connectivity index (χ4n) is 2.01. The molecule has 0 unspecified atom stereocenters. The number of nitrogens with zero attached hydrogens (tertiary/aromatic N) is 1. The second kappa shape index (κ2) is 7.91. The van der Waals surface area contributed by atoms with Gasteiger partial charge >= 0.3 is 5.97 Å². The Morgan fingerprint density at radius 2 is 1.96 bits per heavy atom. The lowest BCUT2D eigenvalue weighted by Crippen LogP contribution is -2.21. The molecule has 0 fully saturated rings. The number of amides is 1. The minimum atomic E-state index is -0.676. The monoisotopic (exact) mass is 344 g/mol. The molecule has 25 heavy (non-hydrogen) atoms. The highest BCUT2D eigenvalue weighted by molar-refractivity contribution is 5.96. The first-order chi connectivity index (χ1) is 11.9. The zero-order chi connectivity index (χ0) is 18.4. The summed E-state index contributed by atoms with van der Waals surface area (Å²) in [7, 11) is 1.47. The maximum Gasteiger partial charge on any atom is 0.338 e. The van der Waals surface area contributed by atoms with Crippen molar-refractivity contribution in [1.29, 1.82) is 0 Å². The Bertz CT molecular complexity index is 819. The second-order valence-corrected chi connectivity index (χ2v) is 5.11. The molecule has 0 aliphatic heterocycles. The van der Waals surface area contributed by atoms with Crippen LogP contribution in [-0.4, -0.2) is 30.5 Å². The molecule has 8 heteroatoms. The lowest BCUT2D eigenvalue weighted by Gasteiger charge is -2.09. The summed E-state index contributed by atoms with van der Waals surface area (Å²) in [5, 5.41) is 13.3. The summed E-state index contributed by atoms with van der Waals surface area (Å²) in [5.41, 5.74) is 1.04. The minimum absolute atomic E-state index is 0.144. The maximum atomic E-state index is 11.9. The number of rotatable bonds is 6. The van der Waals surface area contributed by atoms with E-state index in [-0.39, 0.29) is 16.9 Å². The van der Waals surface area contributed by atoms with Crippen LogP contribution >= 0.6 is 0 Å². The molecule has 1 amide bonds. The van der Waals surface area contributed by atoms with E-state index in [1.54, 1.807) is 19.1 Å². The van der Waals surface area contributed by atoms with E-state index in [0.717, 1.165) is 0 Å². The number of methoxy groups -OCH3 is 1. The van der Waals surface area contributed by atoms with Crippen molar-refractivity contribution in [2.45, 2.75) is 6.92 Å². The molecule has 0 atom stereocenters. The van der Waals surface area contributed by atoms with Crippen LogP contribution in [-0.2, 0) is 9.53 Å². The molecule has 0 spiro atoms. The number of ether oxygens (including phenoxy) is 2. The summed E-state index contributed by atoms with van der Waals surface area (Å²) in [5.74, 6) is -0.782. The summed E-state index contributed by atoms with van der Waals surface area (Å²) < 4.78 is 9.95. The largest absolute Gasteiger partial charge is 0.497 e. The zero-order valence-electron chi connectivity index (χ0n) is 13.6. The van der Waals surface area contributed by atoms with Crippen molar-refractivity contribution >= 4 is 23.3 Å². The highest BCUT2D eigenvalue weighted by atomic mass is 16.6. The SMILES string of the molecule is COc1cccc(C(=O)OCC(=O)Nc2cc([N+](=O)[O-])ccc2C)c1. The molecule has 130 valence electrons. The van der Waals surface area contributed by atoms with Gasteiger partial charge in [-0.15, -0.1) is 0 Å². The molecule has 0 heterocycles. The van der Waals surface area contributed by atoms with E-state index in [1.165, 1.54) is 37.4 Å². The van der Waals surface area contributed by atoms with E-state index in [1.807, 2.05) is 0 Å². The van der Waals surface area contributed by atoms with Gasteiger partial charge in [0.2, 0.25) is 0 Å². The van der Waals surface area contributed by atoms with E-state index in [0.29, 0.717) is 11.3 Å². The van der Waals surface area contributed by atoms with Crippen molar-refractivity contribution in [3.05, 3.63) is 63.7 Å². The van der Waals surface area contributed by atoms with Gasteiger partial charge < -0.3 is 14.8 Å². The van der Waals surface area contributed by atoms with Crippen LogP contribution in [0, 0.1) is 17.0 Å². The van der Waals surface area contributed by atoms with E-state index >= 15 is 0 Å². The number of nitrogens with one attached hydrogen (secondary N) is 1. The molecule has 2 aromatic rings. The molecule has 0 aliphatic carbocycles. The van der Waals surface area contributed by atoms with E-state index in [4.69, 9.17) is 9.47 Å². The number of nitro benzene ring substituents is 1. The number of benzene rings is 2. The normalized spacial score (nSPS) is 10.0. The third-order valence-electron chi connectivity index (χ3n) is 3.35. The van der Waals surface area contributed by atoms with Crippen LogP contribution in [0.5, 0.6) is 5.75 Å². The highest BCUT2D eigenvalue weighted by Gasteiger charge is 2.14. The summed E-state index contributed by atoms with van der Waals surface area (Å²) in [4.78, 5) is 34.1. The van der Waals surface area contributed by atoms with Gasteiger partial charge in [-0.05, 0) is 30.7 Å². The predicted molar refractivity (Wildman–Crippen MR) is 89.7 cm³/mol. The lowest BCUT2D eigenvalue weighted by molar-refractivity contribution is -0.384. The van der Waals surface area contributed by atoms with Gasteiger partial charge in [-0.1, -0.05) is 12.1 Å². The maximum absolute atomic E-state index is 11.9. The topological polar surface area (TPSA) is 108 Å².